The number of rotatable bonds is 7. The molecule has 0 amide bonds. The molecule has 0 radical (unpaired) electrons. The monoisotopic (exact) mass is 430 g/mol. The number of ether oxygens (including phenoxy) is 3. The maximum atomic E-state index is 12.2. The highest BCUT2D eigenvalue weighted by Crippen LogP contribution is 2.35. The Balaban J connectivity index is 1.83. The van der Waals surface area contributed by atoms with Gasteiger partial charge in [-0.3, -0.25) is 0 Å². The summed E-state index contributed by atoms with van der Waals surface area (Å²) >= 11 is 11.9. The van der Waals surface area contributed by atoms with Gasteiger partial charge < -0.3 is 14.2 Å². The molecule has 0 aromatic heterocycles. The minimum absolute atomic E-state index is 0.128. The van der Waals surface area contributed by atoms with Crippen molar-refractivity contribution in [3.05, 3.63) is 28.2 Å². The van der Waals surface area contributed by atoms with Gasteiger partial charge in [0.2, 0.25) is 0 Å². The van der Waals surface area contributed by atoms with Crippen LogP contribution >= 0.6 is 23.2 Å². The summed E-state index contributed by atoms with van der Waals surface area (Å²) in [6.07, 6.45) is 1.98. The van der Waals surface area contributed by atoms with Crippen LogP contribution in [0.5, 0.6) is 5.75 Å². The van der Waals surface area contributed by atoms with E-state index in [0.717, 1.165) is 19.3 Å². The first kappa shape index (κ1) is 22.8. The lowest BCUT2D eigenvalue weighted by atomic mass is 9.75. The average molecular weight is 431 g/mol. The van der Waals surface area contributed by atoms with Gasteiger partial charge in [0, 0.05) is 5.02 Å². The van der Waals surface area contributed by atoms with Gasteiger partial charge in [0.1, 0.15) is 11.9 Å². The number of carbonyl (C=O) groups is 2. The van der Waals surface area contributed by atoms with Crippen molar-refractivity contribution < 1.29 is 23.8 Å². The Morgan fingerprint density at radius 2 is 1.89 bits per heavy atom. The van der Waals surface area contributed by atoms with Gasteiger partial charge in [0.15, 0.2) is 12.7 Å². The van der Waals surface area contributed by atoms with Gasteiger partial charge in [0.25, 0.3) is 0 Å². The van der Waals surface area contributed by atoms with E-state index in [2.05, 4.69) is 20.8 Å². The van der Waals surface area contributed by atoms with Crippen LogP contribution < -0.4 is 4.74 Å². The lowest BCUT2D eigenvalue weighted by molar-refractivity contribution is -0.169. The maximum Gasteiger partial charge on any atom is 0.347 e. The van der Waals surface area contributed by atoms with Crippen molar-refractivity contribution in [2.24, 2.45) is 17.8 Å². The van der Waals surface area contributed by atoms with E-state index < -0.39 is 24.6 Å². The van der Waals surface area contributed by atoms with E-state index in [4.69, 9.17) is 37.4 Å². The standard InChI is InChI=1S/C21H28Cl2O5/c1-12(2)16-7-5-13(3)9-19(16)28-20(24)11-26-21(25)14(4)27-18-8-6-15(22)10-17(18)23/h6,8,10,12-14,16,19H,5,7,9,11H2,1-4H3/t13-,14+,16-,19+/m0/s1. The molecular weight excluding hydrogens is 403 g/mol. The molecule has 0 heterocycles. The SMILES string of the molecule is CC(C)[C@@H]1CC[C@H](C)C[C@H]1OC(=O)COC(=O)[C@@H](C)Oc1ccc(Cl)cc1Cl. The lowest BCUT2D eigenvalue weighted by Crippen LogP contribution is -2.37. The number of hydrogen-bond donors (Lipinski definition) is 0. The van der Waals surface area contributed by atoms with Gasteiger partial charge in [-0.2, -0.15) is 0 Å². The van der Waals surface area contributed by atoms with E-state index in [1.807, 2.05) is 0 Å². The molecule has 1 aromatic rings. The number of halogens is 2. The minimum atomic E-state index is -0.926. The molecule has 0 unspecified atom stereocenters. The van der Waals surface area contributed by atoms with Gasteiger partial charge in [-0.1, -0.05) is 50.4 Å². The molecule has 7 heteroatoms. The topological polar surface area (TPSA) is 61.8 Å². The third-order valence-corrected chi connectivity index (χ3v) is 5.64. The van der Waals surface area contributed by atoms with E-state index in [9.17, 15) is 9.59 Å². The van der Waals surface area contributed by atoms with Crippen molar-refractivity contribution in [2.75, 3.05) is 6.61 Å². The van der Waals surface area contributed by atoms with Crippen LogP contribution in [-0.4, -0.2) is 30.8 Å². The maximum absolute atomic E-state index is 12.2. The average Bonchev–Trinajstić information content (AvgIpc) is 2.61. The number of benzene rings is 1. The quantitative estimate of drug-likeness (QED) is 0.548. The van der Waals surface area contributed by atoms with Crippen molar-refractivity contribution >= 4 is 35.1 Å². The second-order valence-corrected chi connectivity index (χ2v) is 8.64. The van der Waals surface area contributed by atoms with E-state index in [0.29, 0.717) is 28.5 Å². The summed E-state index contributed by atoms with van der Waals surface area (Å²) in [6, 6.07) is 4.69. The smallest absolute Gasteiger partial charge is 0.347 e. The molecule has 1 aromatic carbocycles. The van der Waals surface area contributed by atoms with Crippen LogP contribution in [0.25, 0.3) is 0 Å². The highest BCUT2D eigenvalue weighted by molar-refractivity contribution is 6.35. The molecule has 1 aliphatic rings. The van der Waals surface area contributed by atoms with E-state index in [1.165, 1.54) is 13.0 Å². The molecule has 1 aliphatic carbocycles. The molecule has 2 rings (SSSR count). The Morgan fingerprint density at radius 1 is 1.18 bits per heavy atom. The van der Waals surface area contributed by atoms with Crippen LogP contribution in [0.4, 0.5) is 0 Å². The molecule has 0 bridgehead atoms. The molecular formula is C21H28Cl2O5. The fourth-order valence-electron chi connectivity index (χ4n) is 3.51. The minimum Gasteiger partial charge on any atom is -0.477 e. The predicted octanol–water partition coefficient (Wildman–Crippen LogP) is 5.31. The highest BCUT2D eigenvalue weighted by Gasteiger charge is 2.33. The van der Waals surface area contributed by atoms with Crippen molar-refractivity contribution in [1.29, 1.82) is 0 Å². The fraction of sp³-hybridized carbons (Fsp3) is 0.619. The molecule has 4 atom stereocenters. The van der Waals surface area contributed by atoms with Gasteiger partial charge in [-0.15, -0.1) is 0 Å². The van der Waals surface area contributed by atoms with Crippen molar-refractivity contribution in [3.8, 4) is 5.75 Å². The number of carbonyl (C=O) groups excluding carboxylic acids is 2. The van der Waals surface area contributed by atoms with E-state index >= 15 is 0 Å². The Hall–Kier alpha value is -1.46. The largest absolute Gasteiger partial charge is 0.477 e. The third-order valence-electron chi connectivity index (χ3n) is 5.11. The van der Waals surface area contributed by atoms with Crippen LogP contribution in [0.2, 0.25) is 10.0 Å². The van der Waals surface area contributed by atoms with Crippen LogP contribution in [0, 0.1) is 17.8 Å². The molecule has 1 fully saturated rings. The summed E-state index contributed by atoms with van der Waals surface area (Å²) in [5.74, 6) is 0.410. The van der Waals surface area contributed by atoms with Crippen LogP contribution in [0.15, 0.2) is 18.2 Å². The third kappa shape index (κ3) is 6.56. The second kappa shape index (κ2) is 10.4. The molecule has 156 valence electrons. The summed E-state index contributed by atoms with van der Waals surface area (Å²) in [4.78, 5) is 24.3. The predicted molar refractivity (Wildman–Crippen MR) is 109 cm³/mol. The first-order chi connectivity index (χ1) is 13.2. The zero-order valence-corrected chi connectivity index (χ0v) is 18.3. The fourth-order valence-corrected chi connectivity index (χ4v) is 3.96. The van der Waals surface area contributed by atoms with Crippen LogP contribution in [0.1, 0.15) is 47.0 Å². The molecule has 1 saturated carbocycles. The Bertz CT molecular complexity index is 691. The summed E-state index contributed by atoms with van der Waals surface area (Å²) < 4.78 is 16.2. The van der Waals surface area contributed by atoms with Gasteiger partial charge in [-0.25, -0.2) is 9.59 Å². The zero-order chi connectivity index (χ0) is 20.8. The van der Waals surface area contributed by atoms with Gasteiger partial charge in [-0.05, 0) is 55.7 Å². The summed E-state index contributed by atoms with van der Waals surface area (Å²) in [5.41, 5.74) is 0. The van der Waals surface area contributed by atoms with Crippen molar-refractivity contribution in [1.82, 2.24) is 0 Å². The van der Waals surface area contributed by atoms with Crippen molar-refractivity contribution in [2.45, 2.75) is 59.2 Å². The summed E-state index contributed by atoms with van der Waals surface area (Å²) in [6.45, 7) is 7.54. The Labute approximate surface area is 176 Å². The normalized spacial score (nSPS) is 23.2. The summed E-state index contributed by atoms with van der Waals surface area (Å²) in [7, 11) is 0. The molecule has 28 heavy (non-hydrogen) atoms. The summed E-state index contributed by atoms with van der Waals surface area (Å²) in [5, 5.41) is 0.754. The van der Waals surface area contributed by atoms with Gasteiger partial charge >= 0.3 is 11.9 Å². The van der Waals surface area contributed by atoms with Crippen LogP contribution in [0.3, 0.4) is 0 Å². The molecule has 0 N–H and O–H groups in total. The second-order valence-electron chi connectivity index (χ2n) is 7.80. The number of esters is 2. The first-order valence-corrected chi connectivity index (χ1v) is 10.4. The Morgan fingerprint density at radius 3 is 2.54 bits per heavy atom. The molecule has 0 aliphatic heterocycles. The Kier molecular flexibility index (Phi) is 8.44. The highest BCUT2D eigenvalue weighted by atomic mass is 35.5. The van der Waals surface area contributed by atoms with Crippen molar-refractivity contribution in [3.63, 3.8) is 0 Å². The first-order valence-electron chi connectivity index (χ1n) is 9.65. The molecule has 5 nitrogen and oxygen atoms in total. The lowest BCUT2D eigenvalue weighted by Gasteiger charge is -2.36. The molecule has 0 spiro atoms. The van der Waals surface area contributed by atoms with E-state index in [-0.39, 0.29) is 11.1 Å². The van der Waals surface area contributed by atoms with Gasteiger partial charge in [0.05, 0.1) is 5.02 Å². The molecule has 0 saturated heterocycles. The van der Waals surface area contributed by atoms with Crippen LogP contribution in [-0.2, 0) is 19.1 Å². The number of hydrogen-bond acceptors (Lipinski definition) is 5. The zero-order valence-electron chi connectivity index (χ0n) is 16.7. The van der Waals surface area contributed by atoms with E-state index in [1.54, 1.807) is 12.1 Å².